The molecule has 1 unspecified atom stereocenters. The van der Waals surface area contributed by atoms with Crippen LogP contribution in [0.15, 0.2) is 33.4 Å². The number of halogens is 5. The number of aliphatic imine (C=N–C) groups is 1. The highest BCUT2D eigenvalue weighted by Crippen LogP contribution is 2.35. The van der Waals surface area contributed by atoms with Crippen molar-refractivity contribution in [2.24, 2.45) is 21.1 Å². The van der Waals surface area contributed by atoms with Gasteiger partial charge in [-0.1, -0.05) is 19.0 Å². The number of azo groups is 1. The summed E-state index contributed by atoms with van der Waals surface area (Å²) in [7, 11) is 0. The molecule has 0 bridgehead atoms. The monoisotopic (exact) mass is 383 g/mol. The van der Waals surface area contributed by atoms with Gasteiger partial charge in [0.2, 0.25) is 4.57 Å². The van der Waals surface area contributed by atoms with E-state index in [0.29, 0.717) is 0 Å². The number of hydrogen-bond acceptors (Lipinski definition) is 5. The summed E-state index contributed by atoms with van der Waals surface area (Å²) in [6.07, 6.45) is -4.97. The molecule has 1 aromatic rings. The van der Waals surface area contributed by atoms with Crippen molar-refractivity contribution in [2.45, 2.75) is 24.8 Å². The average Bonchev–Trinajstić information content (AvgIpc) is 2.74. The molecule has 1 heterocycles. The fourth-order valence-corrected chi connectivity index (χ4v) is 1.67. The van der Waals surface area contributed by atoms with Gasteiger partial charge in [0, 0.05) is 12.0 Å². The van der Waals surface area contributed by atoms with Gasteiger partial charge >= 0.3 is 12.4 Å². The van der Waals surface area contributed by atoms with E-state index in [2.05, 4.69) is 35.9 Å². The zero-order valence-electron chi connectivity index (χ0n) is 11.4. The van der Waals surface area contributed by atoms with Gasteiger partial charge in [-0.15, -0.1) is 18.3 Å². The van der Waals surface area contributed by atoms with E-state index in [4.69, 9.17) is 4.74 Å². The second kappa shape index (κ2) is 5.82. The average molecular weight is 384 g/mol. The molecule has 0 radical (unpaired) electrons. The molecular weight excluding hydrogens is 374 g/mol. The minimum Gasteiger partial charge on any atom is -0.423 e. The Kier molecular flexibility index (Phi) is 4.41. The summed E-state index contributed by atoms with van der Waals surface area (Å²) < 4.78 is 57.4. The molecule has 1 aliphatic rings. The highest BCUT2D eigenvalue weighted by molar-refractivity contribution is 9.10. The molecule has 0 aromatic heterocycles. The lowest BCUT2D eigenvalue weighted by molar-refractivity contribution is -0.275. The van der Waals surface area contributed by atoms with Gasteiger partial charge in [0.25, 0.3) is 0 Å². The molecule has 0 aliphatic carbocycles. The van der Waals surface area contributed by atoms with Crippen LogP contribution in [0.2, 0.25) is 0 Å². The van der Waals surface area contributed by atoms with Crippen molar-refractivity contribution in [3.63, 3.8) is 0 Å². The molecule has 120 valence electrons. The van der Waals surface area contributed by atoms with E-state index in [9.17, 15) is 17.6 Å². The number of rotatable bonds is 3. The molecule has 1 atom stereocenters. The zero-order chi connectivity index (χ0) is 16.5. The summed E-state index contributed by atoms with van der Waals surface area (Å²) in [5.41, 5.74) is 0. The third kappa shape index (κ3) is 3.93. The lowest BCUT2D eigenvalue weighted by atomic mass is 10.2. The first-order chi connectivity index (χ1) is 10.1. The second-order valence-corrected chi connectivity index (χ2v) is 5.79. The normalized spacial score (nSPS) is 21.2. The first kappa shape index (κ1) is 16.7. The van der Waals surface area contributed by atoms with Crippen molar-refractivity contribution in [2.75, 3.05) is 0 Å². The van der Waals surface area contributed by atoms with Gasteiger partial charge in [0.1, 0.15) is 5.75 Å². The minimum atomic E-state index is -4.97. The molecule has 0 spiro atoms. The van der Waals surface area contributed by atoms with Gasteiger partial charge in [-0.2, -0.15) is 4.99 Å². The van der Waals surface area contributed by atoms with E-state index >= 15 is 0 Å². The Labute approximate surface area is 131 Å². The summed E-state index contributed by atoms with van der Waals surface area (Å²) in [5, 5.41) is 7.57. The van der Waals surface area contributed by atoms with E-state index in [1.165, 1.54) is 0 Å². The molecular formula is C12H10BrF4N3O2. The molecule has 0 fully saturated rings. The maximum Gasteiger partial charge on any atom is 0.573 e. The molecule has 1 aliphatic heterocycles. The number of ether oxygens (including phenoxy) is 2. The highest BCUT2D eigenvalue weighted by atomic mass is 79.9. The fraction of sp³-hybridized carbons (Fsp3) is 0.417. The van der Waals surface area contributed by atoms with Crippen LogP contribution >= 0.6 is 15.9 Å². The van der Waals surface area contributed by atoms with Crippen LogP contribution in [0.25, 0.3) is 0 Å². The van der Waals surface area contributed by atoms with Crippen LogP contribution in [-0.4, -0.2) is 17.0 Å². The Bertz CT molecular complexity index is 633. The van der Waals surface area contributed by atoms with Gasteiger partial charge in [-0.05, 0) is 28.1 Å². The number of alkyl halides is 4. The van der Waals surface area contributed by atoms with Gasteiger partial charge in [-0.25, -0.2) is 4.39 Å². The van der Waals surface area contributed by atoms with Crippen molar-refractivity contribution in [1.82, 2.24) is 0 Å². The van der Waals surface area contributed by atoms with Crippen LogP contribution in [0.3, 0.4) is 0 Å². The predicted octanol–water partition coefficient (Wildman–Crippen LogP) is 4.63. The number of benzene rings is 1. The third-order valence-corrected chi connectivity index (χ3v) is 3.85. The van der Waals surface area contributed by atoms with E-state index in [1.54, 1.807) is 0 Å². The SMILES string of the molecule is CC(C)C1(Br)N=NC(Oc2ccc(OC(F)(F)F)c(F)c2)=N1. The minimum absolute atomic E-state index is 0.0170. The third-order valence-electron chi connectivity index (χ3n) is 2.60. The molecule has 0 N–H and O–H groups in total. The van der Waals surface area contributed by atoms with Crippen molar-refractivity contribution >= 4 is 22.0 Å². The van der Waals surface area contributed by atoms with Crippen LogP contribution in [-0.2, 0) is 0 Å². The van der Waals surface area contributed by atoms with E-state index in [1.807, 2.05) is 13.8 Å². The molecule has 0 saturated carbocycles. The van der Waals surface area contributed by atoms with Crippen LogP contribution in [0.5, 0.6) is 11.5 Å². The van der Waals surface area contributed by atoms with E-state index < -0.39 is 22.5 Å². The number of nitrogens with zero attached hydrogens (tertiary/aromatic N) is 3. The summed E-state index contributed by atoms with van der Waals surface area (Å²) in [5.74, 6) is -2.27. The van der Waals surface area contributed by atoms with Crippen LogP contribution in [0.4, 0.5) is 17.6 Å². The van der Waals surface area contributed by atoms with Crippen LogP contribution in [0.1, 0.15) is 13.8 Å². The molecule has 1 aromatic carbocycles. The standard InChI is InChI=1S/C12H10BrF4N3O2/c1-6(2)11(13)18-10(19-20-11)21-7-3-4-9(8(14)5-7)22-12(15,16)17/h3-6H,1-2H3. The van der Waals surface area contributed by atoms with Gasteiger partial charge in [0.05, 0.1) is 0 Å². The quantitative estimate of drug-likeness (QED) is 0.434. The van der Waals surface area contributed by atoms with Gasteiger partial charge in [0.15, 0.2) is 11.6 Å². The maximum atomic E-state index is 13.5. The smallest absolute Gasteiger partial charge is 0.423 e. The summed E-state index contributed by atoms with van der Waals surface area (Å²) in [4.78, 5) is 4.07. The zero-order valence-corrected chi connectivity index (χ0v) is 12.9. The van der Waals surface area contributed by atoms with Crippen LogP contribution < -0.4 is 9.47 Å². The Balaban J connectivity index is 2.13. The lowest BCUT2D eigenvalue weighted by Gasteiger charge is -2.16. The molecule has 22 heavy (non-hydrogen) atoms. The first-order valence-electron chi connectivity index (χ1n) is 6.04. The fourth-order valence-electron chi connectivity index (χ4n) is 1.44. The molecule has 5 nitrogen and oxygen atoms in total. The largest absolute Gasteiger partial charge is 0.573 e. The van der Waals surface area contributed by atoms with Crippen molar-refractivity contribution in [3.05, 3.63) is 24.0 Å². The van der Waals surface area contributed by atoms with Crippen molar-refractivity contribution < 1.29 is 27.0 Å². The predicted molar refractivity (Wildman–Crippen MR) is 72.5 cm³/mol. The molecule has 0 amide bonds. The number of hydrogen-bond donors (Lipinski definition) is 0. The summed E-state index contributed by atoms with van der Waals surface area (Å²) in [6, 6.07) is 2.51. The molecule has 0 saturated heterocycles. The van der Waals surface area contributed by atoms with E-state index in [0.717, 1.165) is 18.2 Å². The second-order valence-electron chi connectivity index (χ2n) is 4.63. The Hall–Kier alpha value is -1.71. The maximum absolute atomic E-state index is 13.5. The van der Waals surface area contributed by atoms with Gasteiger partial charge in [-0.3, -0.25) is 0 Å². The highest BCUT2D eigenvalue weighted by Gasteiger charge is 2.35. The molecule has 2 rings (SSSR count). The topological polar surface area (TPSA) is 55.5 Å². The Morgan fingerprint density at radius 2 is 1.95 bits per heavy atom. The molecule has 10 heteroatoms. The van der Waals surface area contributed by atoms with E-state index in [-0.39, 0.29) is 17.7 Å². The Morgan fingerprint density at radius 1 is 1.27 bits per heavy atom. The summed E-state index contributed by atoms with van der Waals surface area (Å²) in [6.45, 7) is 3.70. The number of amidine groups is 1. The van der Waals surface area contributed by atoms with Gasteiger partial charge < -0.3 is 9.47 Å². The Morgan fingerprint density at radius 3 is 2.45 bits per heavy atom. The van der Waals surface area contributed by atoms with Crippen molar-refractivity contribution in [3.8, 4) is 11.5 Å². The summed E-state index contributed by atoms with van der Waals surface area (Å²) >= 11 is 3.28. The van der Waals surface area contributed by atoms with Crippen molar-refractivity contribution in [1.29, 1.82) is 0 Å². The lowest BCUT2D eigenvalue weighted by Crippen LogP contribution is -2.20. The van der Waals surface area contributed by atoms with Crippen LogP contribution in [0, 0.1) is 11.7 Å². The first-order valence-corrected chi connectivity index (χ1v) is 6.83.